The van der Waals surface area contributed by atoms with Crippen LogP contribution in [0.5, 0.6) is 0 Å². The fourth-order valence-electron chi connectivity index (χ4n) is 1.21. The van der Waals surface area contributed by atoms with Crippen molar-refractivity contribution in [1.82, 2.24) is 15.0 Å². The summed E-state index contributed by atoms with van der Waals surface area (Å²) in [5, 5.41) is 1.21. The molecule has 2 rings (SSSR count). The second kappa shape index (κ2) is 5.95. The lowest BCUT2D eigenvalue weighted by atomic mass is 10.5. The Labute approximate surface area is 108 Å². The third-order valence-electron chi connectivity index (χ3n) is 1.86. The third-order valence-corrected chi connectivity index (χ3v) is 2.98. The Hall–Kier alpha value is -1.17. The van der Waals surface area contributed by atoms with Gasteiger partial charge in [0.05, 0.1) is 0 Å². The van der Waals surface area contributed by atoms with Crippen LogP contribution < -0.4 is 0 Å². The molecule has 0 bridgehead atoms. The van der Waals surface area contributed by atoms with Crippen molar-refractivity contribution in [3.63, 3.8) is 0 Å². The highest BCUT2D eigenvalue weighted by atomic mass is 35.5. The van der Waals surface area contributed by atoms with Crippen LogP contribution in [0.1, 0.15) is 5.82 Å². The largest absolute Gasteiger partial charge is 0.377 e. The Morgan fingerprint density at radius 3 is 2.76 bits per heavy atom. The van der Waals surface area contributed by atoms with E-state index < -0.39 is 0 Å². The zero-order chi connectivity index (χ0) is 12.1. The second-order valence-corrected chi connectivity index (χ2v) is 4.64. The summed E-state index contributed by atoms with van der Waals surface area (Å²) in [6.07, 6.45) is 3.47. The van der Waals surface area contributed by atoms with Crippen LogP contribution in [-0.2, 0) is 11.3 Å². The minimum absolute atomic E-state index is 0.352. The first kappa shape index (κ1) is 12.3. The SMILES string of the molecule is COCc1nc(Cl)cc(Sc2ccncc2)n1. The van der Waals surface area contributed by atoms with E-state index in [-0.39, 0.29) is 0 Å². The van der Waals surface area contributed by atoms with Crippen LogP contribution in [0.2, 0.25) is 5.15 Å². The van der Waals surface area contributed by atoms with Gasteiger partial charge in [0.2, 0.25) is 0 Å². The lowest BCUT2D eigenvalue weighted by molar-refractivity contribution is 0.177. The van der Waals surface area contributed by atoms with Gasteiger partial charge in [0.15, 0.2) is 5.82 Å². The minimum atomic E-state index is 0.352. The summed E-state index contributed by atoms with van der Waals surface area (Å²) in [6.45, 7) is 0.352. The van der Waals surface area contributed by atoms with E-state index in [4.69, 9.17) is 16.3 Å². The van der Waals surface area contributed by atoms with Crippen LogP contribution in [0.3, 0.4) is 0 Å². The van der Waals surface area contributed by atoms with Crippen LogP contribution in [0.25, 0.3) is 0 Å². The molecular weight excluding hydrogens is 258 g/mol. The first-order chi connectivity index (χ1) is 8.28. The van der Waals surface area contributed by atoms with Crippen molar-refractivity contribution < 1.29 is 4.74 Å². The molecule has 0 radical (unpaired) electrons. The highest BCUT2D eigenvalue weighted by Gasteiger charge is 2.04. The summed E-state index contributed by atoms with van der Waals surface area (Å²) in [4.78, 5) is 13.4. The Morgan fingerprint density at radius 1 is 1.29 bits per heavy atom. The molecule has 4 nitrogen and oxygen atoms in total. The number of aromatic nitrogens is 3. The van der Waals surface area contributed by atoms with Crippen LogP contribution in [0, 0.1) is 0 Å². The zero-order valence-corrected chi connectivity index (χ0v) is 10.7. The molecule has 0 atom stereocenters. The molecule has 0 saturated heterocycles. The van der Waals surface area contributed by atoms with E-state index in [9.17, 15) is 0 Å². The first-order valence-electron chi connectivity index (χ1n) is 4.88. The number of rotatable bonds is 4. The molecule has 88 valence electrons. The van der Waals surface area contributed by atoms with Crippen molar-refractivity contribution in [1.29, 1.82) is 0 Å². The van der Waals surface area contributed by atoms with Crippen molar-refractivity contribution in [3.8, 4) is 0 Å². The minimum Gasteiger partial charge on any atom is -0.377 e. The van der Waals surface area contributed by atoms with E-state index in [1.807, 2.05) is 12.1 Å². The van der Waals surface area contributed by atoms with Crippen molar-refractivity contribution in [2.75, 3.05) is 7.11 Å². The quantitative estimate of drug-likeness (QED) is 0.797. The van der Waals surface area contributed by atoms with Crippen molar-refractivity contribution in [2.45, 2.75) is 16.5 Å². The number of pyridine rings is 1. The molecule has 0 aliphatic rings. The van der Waals surface area contributed by atoms with Gasteiger partial charge < -0.3 is 4.74 Å². The lowest BCUT2D eigenvalue weighted by Gasteiger charge is -2.04. The number of hydrogen-bond acceptors (Lipinski definition) is 5. The molecule has 0 aromatic carbocycles. The number of hydrogen-bond donors (Lipinski definition) is 0. The summed E-state index contributed by atoms with van der Waals surface area (Å²) in [5.41, 5.74) is 0. The molecule has 6 heteroatoms. The maximum Gasteiger partial charge on any atom is 0.156 e. The average molecular weight is 268 g/mol. The van der Waals surface area contributed by atoms with Gasteiger partial charge in [0.25, 0.3) is 0 Å². The highest BCUT2D eigenvalue weighted by Crippen LogP contribution is 2.26. The topological polar surface area (TPSA) is 47.9 Å². The van der Waals surface area contributed by atoms with Crippen LogP contribution in [-0.4, -0.2) is 22.1 Å². The molecule has 0 aliphatic heterocycles. The van der Waals surface area contributed by atoms with E-state index in [0.717, 1.165) is 9.92 Å². The van der Waals surface area contributed by atoms with Crippen LogP contribution in [0.15, 0.2) is 40.5 Å². The Kier molecular flexibility index (Phi) is 4.30. The van der Waals surface area contributed by atoms with Gasteiger partial charge in [-0.15, -0.1) is 0 Å². The van der Waals surface area contributed by atoms with Crippen molar-refractivity contribution in [3.05, 3.63) is 41.6 Å². The molecule has 0 fully saturated rings. The molecule has 0 N–H and O–H groups in total. The summed E-state index contributed by atoms with van der Waals surface area (Å²) < 4.78 is 4.99. The lowest BCUT2D eigenvalue weighted by Crippen LogP contribution is -1.98. The number of methoxy groups -OCH3 is 1. The number of nitrogens with zero attached hydrogens (tertiary/aromatic N) is 3. The summed E-state index contributed by atoms with van der Waals surface area (Å²) in [5.74, 6) is 0.580. The molecule has 0 amide bonds. The fraction of sp³-hybridized carbons (Fsp3) is 0.182. The predicted molar refractivity (Wildman–Crippen MR) is 66.1 cm³/mol. The van der Waals surface area contributed by atoms with E-state index in [1.165, 1.54) is 11.8 Å². The smallest absolute Gasteiger partial charge is 0.156 e. The molecule has 0 aliphatic carbocycles. The standard InChI is InChI=1S/C11H10ClN3OS/c1-16-7-10-14-9(12)6-11(15-10)17-8-2-4-13-5-3-8/h2-6H,7H2,1H3. The van der Waals surface area contributed by atoms with Crippen molar-refractivity contribution in [2.24, 2.45) is 0 Å². The van der Waals surface area contributed by atoms with Gasteiger partial charge in [0, 0.05) is 30.5 Å². The van der Waals surface area contributed by atoms with Gasteiger partial charge >= 0.3 is 0 Å². The van der Waals surface area contributed by atoms with Gasteiger partial charge in [-0.05, 0) is 12.1 Å². The molecule has 0 spiro atoms. The molecule has 2 aromatic rings. The summed E-state index contributed by atoms with van der Waals surface area (Å²) in [6, 6.07) is 5.55. The number of halogens is 1. The normalized spacial score (nSPS) is 10.5. The Balaban J connectivity index is 2.21. The molecule has 17 heavy (non-hydrogen) atoms. The van der Waals surface area contributed by atoms with E-state index >= 15 is 0 Å². The maximum atomic E-state index is 5.92. The molecule has 2 heterocycles. The van der Waals surface area contributed by atoms with E-state index in [0.29, 0.717) is 17.6 Å². The number of ether oxygens (including phenoxy) is 1. The highest BCUT2D eigenvalue weighted by molar-refractivity contribution is 7.99. The van der Waals surface area contributed by atoms with Gasteiger partial charge in [0.1, 0.15) is 16.8 Å². The molecule has 2 aromatic heterocycles. The van der Waals surface area contributed by atoms with E-state index in [2.05, 4.69) is 15.0 Å². The molecular formula is C11H10ClN3OS. The van der Waals surface area contributed by atoms with Gasteiger partial charge in [-0.25, -0.2) is 9.97 Å². The molecule has 0 saturated carbocycles. The second-order valence-electron chi connectivity index (χ2n) is 3.16. The monoisotopic (exact) mass is 267 g/mol. The van der Waals surface area contributed by atoms with Crippen molar-refractivity contribution >= 4 is 23.4 Å². The maximum absolute atomic E-state index is 5.92. The van der Waals surface area contributed by atoms with Gasteiger partial charge in [-0.1, -0.05) is 23.4 Å². The van der Waals surface area contributed by atoms with Crippen LogP contribution in [0.4, 0.5) is 0 Å². The third kappa shape index (κ3) is 3.66. The summed E-state index contributed by atoms with van der Waals surface area (Å²) in [7, 11) is 1.60. The zero-order valence-electron chi connectivity index (χ0n) is 9.13. The predicted octanol–water partition coefficient (Wildman–Crippen LogP) is 2.82. The Bertz CT molecular complexity index is 495. The average Bonchev–Trinajstić information content (AvgIpc) is 2.30. The van der Waals surface area contributed by atoms with Gasteiger partial charge in [-0.2, -0.15) is 0 Å². The van der Waals surface area contributed by atoms with Crippen LogP contribution >= 0.6 is 23.4 Å². The summed E-state index contributed by atoms with van der Waals surface area (Å²) >= 11 is 7.43. The first-order valence-corrected chi connectivity index (χ1v) is 6.07. The fourth-order valence-corrected chi connectivity index (χ4v) is 2.30. The van der Waals surface area contributed by atoms with E-state index in [1.54, 1.807) is 25.6 Å². The molecule has 0 unspecified atom stereocenters. The Morgan fingerprint density at radius 2 is 2.06 bits per heavy atom. The van der Waals surface area contributed by atoms with Gasteiger partial charge in [-0.3, -0.25) is 4.98 Å².